The first-order valence-electron chi connectivity index (χ1n) is 6.09. The fourth-order valence-corrected chi connectivity index (χ4v) is 3.04. The van der Waals surface area contributed by atoms with Crippen LogP contribution in [0.4, 0.5) is 0 Å². The number of hydrogen-bond donors (Lipinski definition) is 1. The number of aryl methyl sites for hydroxylation is 1. The van der Waals surface area contributed by atoms with Crippen LogP contribution >= 0.6 is 23.7 Å². The first kappa shape index (κ1) is 15.0. The zero-order chi connectivity index (χ0) is 11.5. The van der Waals surface area contributed by atoms with E-state index in [1.54, 1.807) is 0 Å². The Morgan fingerprint density at radius 1 is 1.41 bits per heavy atom. The average Bonchev–Trinajstić information content (AvgIpc) is 2.97. The van der Waals surface area contributed by atoms with Crippen LogP contribution in [0.3, 0.4) is 0 Å². The zero-order valence-corrected chi connectivity index (χ0v) is 12.5. The summed E-state index contributed by atoms with van der Waals surface area (Å²) in [6, 6.07) is 5.15. The molecule has 1 aromatic heterocycles. The predicted molar refractivity (Wildman–Crippen MR) is 78.2 cm³/mol. The minimum absolute atomic E-state index is 0. The molecular formula is C13H23ClN2S. The minimum Gasteiger partial charge on any atom is -0.310 e. The zero-order valence-electron chi connectivity index (χ0n) is 10.9. The van der Waals surface area contributed by atoms with E-state index < -0.39 is 0 Å². The molecule has 1 aromatic rings. The van der Waals surface area contributed by atoms with Crippen molar-refractivity contribution in [2.75, 3.05) is 20.6 Å². The van der Waals surface area contributed by atoms with Crippen LogP contribution in [0.2, 0.25) is 0 Å². The summed E-state index contributed by atoms with van der Waals surface area (Å²) >= 11 is 1.90. The van der Waals surface area contributed by atoms with Crippen LogP contribution < -0.4 is 5.32 Å². The van der Waals surface area contributed by atoms with Crippen molar-refractivity contribution in [2.24, 2.45) is 5.92 Å². The lowest BCUT2D eigenvalue weighted by Gasteiger charge is -2.24. The highest BCUT2D eigenvalue weighted by atomic mass is 35.5. The molecule has 0 aromatic carbocycles. The van der Waals surface area contributed by atoms with Gasteiger partial charge in [0.15, 0.2) is 0 Å². The number of hydrogen-bond acceptors (Lipinski definition) is 3. The van der Waals surface area contributed by atoms with Gasteiger partial charge in [-0.1, -0.05) is 0 Å². The van der Waals surface area contributed by atoms with Gasteiger partial charge in [0.25, 0.3) is 0 Å². The van der Waals surface area contributed by atoms with Gasteiger partial charge in [0.05, 0.1) is 0 Å². The van der Waals surface area contributed by atoms with E-state index in [1.807, 2.05) is 11.3 Å². The second-order valence-corrected chi connectivity index (χ2v) is 6.38. The molecule has 0 spiro atoms. The van der Waals surface area contributed by atoms with Crippen molar-refractivity contribution < 1.29 is 0 Å². The van der Waals surface area contributed by atoms with Crippen LogP contribution in [0.15, 0.2) is 12.1 Å². The molecule has 1 fully saturated rings. The first-order chi connectivity index (χ1) is 7.66. The van der Waals surface area contributed by atoms with Crippen molar-refractivity contribution in [3.63, 3.8) is 0 Å². The Hall–Kier alpha value is -0.0900. The molecule has 0 amide bonds. The lowest BCUT2D eigenvalue weighted by atomic mass is 10.1. The number of halogens is 1. The van der Waals surface area contributed by atoms with E-state index in [2.05, 4.69) is 43.4 Å². The van der Waals surface area contributed by atoms with Gasteiger partial charge in [0.1, 0.15) is 0 Å². The van der Waals surface area contributed by atoms with Crippen molar-refractivity contribution in [2.45, 2.75) is 32.4 Å². The quantitative estimate of drug-likeness (QED) is 0.858. The maximum Gasteiger partial charge on any atom is 0.0300 e. The van der Waals surface area contributed by atoms with Crippen LogP contribution in [0.25, 0.3) is 0 Å². The summed E-state index contributed by atoms with van der Waals surface area (Å²) in [7, 11) is 4.39. The van der Waals surface area contributed by atoms with E-state index >= 15 is 0 Å². The highest BCUT2D eigenvalue weighted by Gasteiger charge is 2.31. The summed E-state index contributed by atoms with van der Waals surface area (Å²) in [5, 5.41) is 3.59. The molecule has 2 rings (SSSR count). The van der Waals surface area contributed by atoms with Crippen LogP contribution in [0.1, 0.15) is 22.6 Å². The smallest absolute Gasteiger partial charge is 0.0300 e. The molecule has 1 aliphatic rings. The third-order valence-corrected chi connectivity index (χ3v) is 4.28. The molecule has 1 heterocycles. The van der Waals surface area contributed by atoms with Gasteiger partial charge >= 0.3 is 0 Å². The maximum atomic E-state index is 3.59. The largest absolute Gasteiger partial charge is 0.310 e. The van der Waals surface area contributed by atoms with Crippen molar-refractivity contribution in [1.29, 1.82) is 0 Å². The minimum atomic E-state index is 0. The molecule has 1 unspecified atom stereocenters. The Balaban J connectivity index is 0.00000144. The van der Waals surface area contributed by atoms with E-state index in [-0.39, 0.29) is 12.4 Å². The van der Waals surface area contributed by atoms with Crippen molar-refractivity contribution in [3.8, 4) is 0 Å². The molecule has 0 radical (unpaired) electrons. The van der Waals surface area contributed by atoms with Gasteiger partial charge in [0, 0.05) is 28.9 Å². The molecular weight excluding hydrogens is 252 g/mol. The van der Waals surface area contributed by atoms with Crippen molar-refractivity contribution in [3.05, 3.63) is 21.9 Å². The van der Waals surface area contributed by atoms with Gasteiger partial charge in [-0.15, -0.1) is 23.7 Å². The molecule has 98 valence electrons. The fourth-order valence-electron chi connectivity index (χ4n) is 2.18. The molecule has 17 heavy (non-hydrogen) atoms. The molecule has 1 atom stereocenters. The average molecular weight is 275 g/mol. The SMILES string of the molecule is Cc1ccc(CNCC(C2CC2)N(C)C)s1.Cl. The molecule has 1 aliphatic carbocycles. The van der Waals surface area contributed by atoms with Crippen LogP contribution in [0, 0.1) is 12.8 Å². The highest BCUT2D eigenvalue weighted by molar-refractivity contribution is 7.11. The Kier molecular flexibility index (Phi) is 5.93. The maximum absolute atomic E-state index is 3.59. The van der Waals surface area contributed by atoms with E-state index in [4.69, 9.17) is 0 Å². The Bertz CT molecular complexity index is 332. The third-order valence-electron chi connectivity index (χ3n) is 3.28. The number of nitrogens with zero attached hydrogens (tertiary/aromatic N) is 1. The molecule has 4 heteroatoms. The molecule has 1 saturated carbocycles. The summed E-state index contributed by atoms with van der Waals surface area (Å²) in [6.45, 7) is 4.31. The molecule has 0 saturated heterocycles. The van der Waals surface area contributed by atoms with Gasteiger partial charge < -0.3 is 10.2 Å². The fraction of sp³-hybridized carbons (Fsp3) is 0.692. The van der Waals surface area contributed by atoms with E-state index in [1.165, 1.54) is 22.6 Å². The van der Waals surface area contributed by atoms with Gasteiger partial charge in [0.2, 0.25) is 0 Å². The second kappa shape index (κ2) is 6.74. The summed E-state index contributed by atoms with van der Waals surface area (Å²) in [4.78, 5) is 5.22. The second-order valence-electron chi connectivity index (χ2n) is 5.01. The van der Waals surface area contributed by atoms with Gasteiger partial charge in [-0.2, -0.15) is 0 Å². The van der Waals surface area contributed by atoms with E-state index in [0.717, 1.165) is 25.0 Å². The lowest BCUT2D eigenvalue weighted by molar-refractivity contribution is 0.255. The summed E-state index contributed by atoms with van der Waals surface area (Å²) < 4.78 is 0. The topological polar surface area (TPSA) is 15.3 Å². The van der Waals surface area contributed by atoms with Gasteiger partial charge in [-0.05, 0) is 51.9 Å². The number of nitrogens with one attached hydrogen (secondary N) is 1. The highest BCUT2D eigenvalue weighted by Crippen LogP contribution is 2.34. The Morgan fingerprint density at radius 2 is 2.12 bits per heavy atom. The number of likely N-dealkylation sites (N-methyl/N-ethyl adjacent to an activating group) is 1. The van der Waals surface area contributed by atoms with Crippen LogP contribution in [-0.4, -0.2) is 31.6 Å². The molecule has 2 nitrogen and oxygen atoms in total. The third kappa shape index (κ3) is 4.59. The summed E-state index contributed by atoms with van der Waals surface area (Å²) in [6.07, 6.45) is 2.84. The normalized spacial score (nSPS) is 16.9. The van der Waals surface area contributed by atoms with Crippen LogP contribution in [0.5, 0.6) is 0 Å². The lowest BCUT2D eigenvalue weighted by Crippen LogP contribution is -2.39. The Morgan fingerprint density at radius 3 is 2.59 bits per heavy atom. The van der Waals surface area contributed by atoms with Crippen molar-refractivity contribution in [1.82, 2.24) is 10.2 Å². The Labute approximate surface area is 115 Å². The predicted octanol–water partition coefficient (Wildman–Crippen LogP) is 2.91. The van der Waals surface area contributed by atoms with Crippen molar-refractivity contribution >= 4 is 23.7 Å². The molecule has 1 N–H and O–H groups in total. The monoisotopic (exact) mass is 274 g/mol. The van der Waals surface area contributed by atoms with E-state index in [9.17, 15) is 0 Å². The summed E-state index contributed by atoms with van der Waals surface area (Å²) in [5.74, 6) is 0.938. The van der Waals surface area contributed by atoms with E-state index in [0.29, 0.717) is 0 Å². The standard InChI is InChI=1S/C13H22N2S.ClH/c1-10-4-7-12(16-10)8-14-9-13(15(2)3)11-5-6-11;/h4,7,11,13-14H,5-6,8-9H2,1-3H3;1H. The summed E-state index contributed by atoms with van der Waals surface area (Å²) in [5.41, 5.74) is 0. The molecule has 0 bridgehead atoms. The number of rotatable bonds is 6. The van der Waals surface area contributed by atoms with Gasteiger partial charge in [-0.25, -0.2) is 0 Å². The van der Waals surface area contributed by atoms with Gasteiger partial charge in [-0.3, -0.25) is 0 Å². The first-order valence-corrected chi connectivity index (χ1v) is 6.91. The number of thiophene rings is 1. The van der Waals surface area contributed by atoms with Crippen LogP contribution in [-0.2, 0) is 6.54 Å². The molecule has 0 aliphatic heterocycles.